The average molecular weight is 238 g/mol. The van der Waals surface area contributed by atoms with E-state index in [4.69, 9.17) is 5.73 Å². The predicted molar refractivity (Wildman–Crippen MR) is 63.1 cm³/mol. The van der Waals surface area contributed by atoms with Gasteiger partial charge in [0.25, 0.3) is 0 Å². The van der Waals surface area contributed by atoms with E-state index in [1.165, 1.54) is 10.9 Å². The highest BCUT2D eigenvalue weighted by molar-refractivity contribution is 5.76. The highest BCUT2D eigenvalue weighted by atomic mass is 16.3. The lowest BCUT2D eigenvalue weighted by molar-refractivity contribution is -0.135. The molecule has 0 bridgehead atoms. The Hall–Kier alpha value is -1.56. The molecule has 0 radical (unpaired) electrons. The number of piperidine rings is 1. The second-order valence-electron chi connectivity index (χ2n) is 4.85. The lowest BCUT2D eigenvalue weighted by Gasteiger charge is -2.35. The van der Waals surface area contributed by atoms with Gasteiger partial charge in [-0.05, 0) is 19.8 Å². The number of nitrogens with zero attached hydrogens (tertiary/aromatic N) is 3. The molecule has 1 saturated heterocycles. The molecule has 6 nitrogen and oxygen atoms in total. The maximum Gasteiger partial charge on any atom is 0.244 e. The van der Waals surface area contributed by atoms with E-state index in [9.17, 15) is 9.90 Å². The summed E-state index contributed by atoms with van der Waals surface area (Å²) in [5.74, 6) is 0.0172. The van der Waals surface area contributed by atoms with Gasteiger partial charge in [0.05, 0.1) is 17.5 Å². The minimum Gasteiger partial charge on any atom is -0.396 e. The molecule has 1 aromatic heterocycles. The van der Waals surface area contributed by atoms with Crippen molar-refractivity contribution in [3.63, 3.8) is 0 Å². The fourth-order valence-electron chi connectivity index (χ4n) is 1.94. The molecule has 0 aromatic carbocycles. The van der Waals surface area contributed by atoms with Gasteiger partial charge in [0.1, 0.15) is 6.54 Å². The smallest absolute Gasteiger partial charge is 0.244 e. The summed E-state index contributed by atoms with van der Waals surface area (Å²) >= 11 is 0. The molecule has 0 unspecified atom stereocenters. The maximum atomic E-state index is 11.9. The molecule has 2 rings (SSSR count). The van der Waals surface area contributed by atoms with Crippen molar-refractivity contribution in [3.05, 3.63) is 12.4 Å². The number of anilines is 1. The Balaban J connectivity index is 1.89. The number of aliphatic hydroxyl groups is 1. The van der Waals surface area contributed by atoms with E-state index in [0.717, 1.165) is 0 Å². The van der Waals surface area contributed by atoms with Crippen LogP contribution in [-0.4, -0.2) is 44.4 Å². The first-order valence-corrected chi connectivity index (χ1v) is 5.74. The lowest BCUT2D eigenvalue weighted by atomic mass is 9.94. The van der Waals surface area contributed by atoms with Crippen molar-refractivity contribution < 1.29 is 9.90 Å². The van der Waals surface area contributed by atoms with Crippen molar-refractivity contribution in [2.24, 2.45) is 0 Å². The van der Waals surface area contributed by atoms with Crippen molar-refractivity contribution in [3.8, 4) is 0 Å². The fourth-order valence-corrected chi connectivity index (χ4v) is 1.94. The number of carbonyl (C=O) groups is 1. The van der Waals surface area contributed by atoms with Gasteiger partial charge in [0, 0.05) is 19.3 Å². The molecule has 17 heavy (non-hydrogen) atoms. The summed E-state index contributed by atoms with van der Waals surface area (Å²) in [6.07, 6.45) is 4.41. The van der Waals surface area contributed by atoms with Gasteiger partial charge in [-0.3, -0.25) is 9.48 Å². The zero-order valence-electron chi connectivity index (χ0n) is 9.96. The summed E-state index contributed by atoms with van der Waals surface area (Å²) in [4.78, 5) is 13.7. The molecule has 1 aromatic rings. The van der Waals surface area contributed by atoms with E-state index in [1.807, 2.05) is 6.92 Å². The van der Waals surface area contributed by atoms with Crippen LogP contribution in [0.3, 0.4) is 0 Å². The molecule has 3 N–H and O–H groups in total. The molecule has 2 heterocycles. The van der Waals surface area contributed by atoms with Crippen molar-refractivity contribution in [1.82, 2.24) is 14.7 Å². The second-order valence-corrected chi connectivity index (χ2v) is 4.85. The molecule has 1 aliphatic rings. The molecule has 1 amide bonds. The average Bonchev–Trinajstić information content (AvgIpc) is 2.63. The van der Waals surface area contributed by atoms with Crippen LogP contribution in [0.15, 0.2) is 12.4 Å². The number of aromatic nitrogens is 2. The Morgan fingerprint density at radius 3 is 2.76 bits per heavy atom. The molecular weight excluding hydrogens is 220 g/mol. The van der Waals surface area contributed by atoms with Gasteiger partial charge in [-0.15, -0.1) is 0 Å². The number of nitrogens with two attached hydrogens (primary N) is 1. The quantitative estimate of drug-likeness (QED) is 0.749. The van der Waals surface area contributed by atoms with E-state index in [0.29, 0.717) is 31.6 Å². The van der Waals surface area contributed by atoms with E-state index in [2.05, 4.69) is 5.10 Å². The van der Waals surface area contributed by atoms with Crippen molar-refractivity contribution in [2.45, 2.75) is 31.9 Å². The number of amides is 1. The minimum absolute atomic E-state index is 0.0172. The van der Waals surface area contributed by atoms with Gasteiger partial charge >= 0.3 is 0 Å². The van der Waals surface area contributed by atoms with E-state index in [1.54, 1.807) is 11.1 Å². The van der Waals surface area contributed by atoms with Gasteiger partial charge in [0.2, 0.25) is 5.91 Å². The summed E-state index contributed by atoms with van der Waals surface area (Å²) in [5.41, 5.74) is 5.45. The van der Waals surface area contributed by atoms with Crippen LogP contribution in [-0.2, 0) is 11.3 Å². The third kappa shape index (κ3) is 2.97. The van der Waals surface area contributed by atoms with Crippen LogP contribution in [0, 0.1) is 0 Å². The molecule has 1 fully saturated rings. The molecule has 1 aliphatic heterocycles. The summed E-state index contributed by atoms with van der Waals surface area (Å²) in [6, 6.07) is 0. The third-order valence-electron chi connectivity index (χ3n) is 3.14. The largest absolute Gasteiger partial charge is 0.396 e. The summed E-state index contributed by atoms with van der Waals surface area (Å²) in [6.45, 7) is 3.22. The number of carbonyl (C=O) groups excluding carboxylic acids is 1. The predicted octanol–water partition coefficient (Wildman–Crippen LogP) is -0.161. The maximum absolute atomic E-state index is 11.9. The number of rotatable bonds is 2. The van der Waals surface area contributed by atoms with E-state index in [-0.39, 0.29) is 12.5 Å². The molecule has 0 atom stereocenters. The zero-order valence-corrected chi connectivity index (χ0v) is 9.96. The van der Waals surface area contributed by atoms with Crippen LogP contribution in [0.25, 0.3) is 0 Å². The standard InChI is InChI=1S/C11H18N4O2/c1-11(17)2-4-14(5-3-11)10(16)8-15-7-9(12)6-13-15/h6-7,17H,2-5,8,12H2,1H3. The topological polar surface area (TPSA) is 84.4 Å². The summed E-state index contributed by atoms with van der Waals surface area (Å²) in [5, 5.41) is 13.8. The van der Waals surface area contributed by atoms with Crippen molar-refractivity contribution >= 4 is 11.6 Å². The Morgan fingerprint density at radius 1 is 1.59 bits per heavy atom. The van der Waals surface area contributed by atoms with Gasteiger partial charge in [-0.2, -0.15) is 5.10 Å². The Kier molecular flexibility index (Phi) is 3.06. The van der Waals surface area contributed by atoms with Crippen molar-refractivity contribution in [2.75, 3.05) is 18.8 Å². The minimum atomic E-state index is -0.632. The van der Waals surface area contributed by atoms with Crippen LogP contribution < -0.4 is 5.73 Å². The van der Waals surface area contributed by atoms with Gasteiger partial charge in [-0.25, -0.2) is 0 Å². The van der Waals surface area contributed by atoms with Crippen LogP contribution in [0.4, 0.5) is 5.69 Å². The summed E-state index contributed by atoms with van der Waals surface area (Å²) in [7, 11) is 0. The second kappa shape index (κ2) is 4.37. The van der Waals surface area contributed by atoms with Crippen LogP contribution >= 0.6 is 0 Å². The fraction of sp³-hybridized carbons (Fsp3) is 0.636. The highest BCUT2D eigenvalue weighted by Crippen LogP contribution is 2.21. The van der Waals surface area contributed by atoms with Gasteiger partial charge in [0.15, 0.2) is 0 Å². The number of hydrogen-bond acceptors (Lipinski definition) is 4. The lowest BCUT2D eigenvalue weighted by Crippen LogP contribution is -2.46. The van der Waals surface area contributed by atoms with Crippen LogP contribution in [0.1, 0.15) is 19.8 Å². The molecule has 94 valence electrons. The first kappa shape index (κ1) is 11.9. The molecular formula is C11H18N4O2. The molecule has 0 spiro atoms. The van der Waals surface area contributed by atoms with Crippen molar-refractivity contribution in [1.29, 1.82) is 0 Å². The Morgan fingerprint density at radius 2 is 2.24 bits per heavy atom. The number of likely N-dealkylation sites (tertiary alicyclic amines) is 1. The first-order valence-electron chi connectivity index (χ1n) is 5.74. The Labute approximate surface area is 100 Å². The third-order valence-corrected chi connectivity index (χ3v) is 3.14. The SMILES string of the molecule is CC1(O)CCN(C(=O)Cn2cc(N)cn2)CC1. The summed E-state index contributed by atoms with van der Waals surface area (Å²) < 4.78 is 1.53. The molecule has 0 saturated carbocycles. The van der Waals surface area contributed by atoms with Gasteiger partial charge in [-0.1, -0.05) is 0 Å². The highest BCUT2D eigenvalue weighted by Gasteiger charge is 2.29. The van der Waals surface area contributed by atoms with E-state index >= 15 is 0 Å². The monoisotopic (exact) mass is 238 g/mol. The first-order chi connectivity index (χ1) is 7.96. The normalized spacial score (nSPS) is 19.3. The van der Waals surface area contributed by atoms with Gasteiger partial charge < -0.3 is 15.7 Å². The molecule has 0 aliphatic carbocycles. The Bertz CT molecular complexity index is 403. The molecule has 6 heteroatoms. The van der Waals surface area contributed by atoms with E-state index < -0.39 is 5.60 Å². The number of hydrogen-bond donors (Lipinski definition) is 2. The van der Waals surface area contributed by atoms with Crippen LogP contribution in [0.5, 0.6) is 0 Å². The zero-order chi connectivity index (χ0) is 12.5. The van der Waals surface area contributed by atoms with Crippen LogP contribution in [0.2, 0.25) is 0 Å². The number of nitrogen functional groups attached to an aromatic ring is 1.